The SMILES string of the molecule is CCCCC(C)N1C(=O)C(C(C)CC)NC(=O)C1C(C)C. The summed E-state index contributed by atoms with van der Waals surface area (Å²) < 4.78 is 0. The molecule has 4 unspecified atom stereocenters. The van der Waals surface area contributed by atoms with Crippen LogP contribution in [0.1, 0.15) is 67.2 Å². The predicted octanol–water partition coefficient (Wildman–Crippen LogP) is 2.96. The first-order valence-electron chi connectivity index (χ1n) is 8.47. The normalized spacial score (nSPS) is 26.0. The maximum atomic E-state index is 12.9. The van der Waals surface area contributed by atoms with Gasteiger partial charge in [0.25, 0.3) is 0 Å². The third-order valence-corrected chi connectivity index (χ3v) is 4.68. The molecule has 0 saturated carbocycles. The van der Waals surface area contributed by atoms with Crippen molar-refractivity contribution in [2.24, 2.45) is 11.8 Å². The van der Waals surface area contributed by atoms with Crippen molar-refractivity contribution in [3.05, 3.63) is 0 Å². The number of piperazine rings is 1. The van der Waals surface area contributed by atoms with Crippen LogP contribution in [-0.2, 0) is 9.59 Å². The molecule has 0 aromatic heterocycles. The minimum Gasteiger partial charge on any atom is -0.342 e. The maximum absolute atomic E-state index is 12.9. The average molecular weight is 296 g/mol. The van der Waals surface area contributed by atoms with Crippen LogP contribution >= 0.6 is 0 Å². The highest BCUT2D eigenvalue weighted by atomic mass is 16.2. The molecule has 0 bridgehead atoms. The number of carbonyl (C=O) groups excluding carboxylic acids is 2. The lowest BCUT2D eigenvalue weighted by Gasteiger charge is -2.45. The van der Waals surface area contributed by atoms with Crippen molar-refractivity contribution in [1.29, 1.82) is 0 Å². The van der Waals surface area contributed by atoms with E-state index in [1.807, 2.05) is 25.7 Å². The van der Waals surface area contributed by atoms with Gasteiger partial charge in [-0.05, 0) is 25.2 Å². The van der Waals surface area contributed by atoms with E-state index in [1.54, 1.807) is 0 Å². The molecule has 1 N–H and O–H groups in total. The molecule has 1 fully saturated rings. The zero-order valence-electron chi connectivity index (χ0n) is 14.5. The van der Waals surface area contributed by atoms with Crippen molar-refractivity contribution in [1.82, 2.24) is 10.2 Å². The summed E-state index contributed by atoms with van der Waals surface area (Å²) in [5, 5.41) is 2.96. The Morgan fingerprint density at radius 3 is 2.24 bits per heavy atom. The van der Waals surface area contributed by atoms with Crippen LogP contribution < -0.4 is 5.32 Å². The maximum Gasteiger partial charge on any atom is 0.246 e. The molecule has 4 heteroatoms. The fourth-order valence-electron chi connectivity index (χ4n) is 3.10. The Morgan fingerprint density at radius 2 is 1.76 bits per heavy atom. The minimum absolute atomic E-state index is 0.0123. The fourth-order valence-corrected chi connectivity index (χ4v) is 3.10. The average Bonchev–Trinajstić information content (AvgIpc) is 2.44. The number of carbonyl (C=O) groups is 2. The van der Waals surface area contributed by atoms with Gasteiger partial charge in [-0.15, -0.1) is 0 Å². The van der Waals surface area contributed by atoms with Crippen LogP contribution in [0.2, 0.25) is 0 Å². The van der Waals surface area contributed by atoms with Crippen molar-refractivity contribution in [3.63, 3.8) is 0 Å². The van der Waals surface area contributed by atoms with E-state index in [0.717, 1.165) is 25.7 Å². The van der Waals surface area contributed by atoms with Crippen LogP contribution in [0.15, 0.2) is 0 Å². The number of hydrogen-bond acceptors (Lipinski definition) is 2. The second-order valence-electron chi connectivity index (χ2n) is 6.80. The summed E-state index contributed by atoms with van der Waals surface area (Å²) in [7, 11) is 0. The smallest absolute Gasteiger partial charge is 0.246 e. The van der Waals surface area contributed by atoms with Gasteiger partial charge >= 0.3 is 0 Å². The number of nitrogens with one attached hydrogen (secondary N) is 1. The second kappa shape index (κ2) is 7.81. The number of rotatable bonds is 7. The molecule has 2 amide bonds. The number of unbranched alkanes of at least 4 members (excludes halogenated alkanes) is 1. The van der Waals surface area contributed by atoms with Gasteiger partial charge in [-0.2, -0.15) is 0 Å². The lowest BCUT2D eigenvalue weighted by atomic mass is 9.89. The van der Waals surface area contributed by atoms with Crippen LogP contribution in [0.4, 0.5) is 0 Å². The molecule has 4 atom stereocenters. The molecule has 21 heavy (non-hydrogen) atoms. The van der Waals surface area contributed by atoms with Crippen LogP contribution in [0.25, 0.3) is 0 Å². The Hall–Kier alpha value is -1.06. The number of amides is 2. The molecule has 1 saturated heterocycles. The first-order valence-corrected chi connectivity index (χ1v) is 8.47. The van der Waals surface area contributed by atoms with Gasteiger partial charge in [0, 0.05) is 6.04 Å². The molecular weight excluding hydrogens is 264 g/mol. The van der Waals surface area contributed by atoms with Gasteiger partial charge in [0.05, 0.1) is 0 Å². The molecule has 1 aliphatic rings. The highest BCUT2D eigenvalue weighted by Gasteiger charge is 2.45. The molecule has 1 heterocycles. The third kappa shape index (κ3) is 3.98. The van der Waals surface area contributed by atoms with Gasteiger partial charge in [0.2, 0.25) is 11.8 Å². The minimum atomic E-state index is -0.360. The number of nitrogens with zero attached hydrogens (tertiary/aromatic N) is 1. The fraction of sp³-hybridized carbons (Fsp3) is 0.882. The van der Waals surface area contributed by atoms with Gasteiger partial charge < -0.3 is 10.2 Å². The van der Waals surface area contributed by atoms with Gasteiger partial charge in [-0.3, -0.25) is 9.59 Å². The molecule has 0 aromatic rings. The Bertz CT molecular complexity index is 368. The van der Waals surface area contributed by atoms with Crippen molar-refractivity contribution < 1.29 is 9.59 Å². The summed E-state index contributed by atoms with van der Waals surface area (Å²) in [5.74, 6) is 0.427. The number of hydrogen-bond donors (Lipinski definition) is 1. The van der Waals surface area contributed by atoms with Crippen LogP contribution in [0.5, 0.6) is 0 Å². The Morgan fingerprint density at radius 1 is 1.14 bits per heavy atom. The van der Waals surface area contributed by atoms with Crippen molar-refractivity contribution >= 4 is 11.8 Å². The van der Waals surface area contributed by atoms with Crippen LogP contribution in [0.3, 0.4) is 0 Å². The van der Waals surface area contributed by atoms with E-state index in [1.165, 1.54) is 0 Å². The second-order valence-corrected chi connectivity index (χ2v) is 6.80. The van der Waals surface area contributed by atoms with Gasteiger partial charge in [-0.25, -0.2) is 0 Å². The molecule has 0 aromatic carbocycles. The van der Waals surface area contributed by atoms with E-state index >= 15 is 0 Å². The Balaban J connectivity index is 3.03. The summed E-state index contributed by atoms with van der Waals surface area (Å²) in [4.78, 5) is 27.3. The standard InChI is InChI=1S/C17H32N2O2/c1-7-9-10-13(6)19-15(11(3)4)16(20)18-14(17(19)21)12(5)8-2/h11-15H,7-10H2,1-6H3,(H,18,20). The lowest BCUT2D eigenvalue weighted by molar-refractivity contribution is -0.155. The van der Waals surface area contributed by atoms with E-state index in [-0.39, 0.29) is 41.8 Å². The summed E-state index contributed by atoms with van der Waals surface area (Å²) >= 11 is 0. The third-order valence-electron chi connectivity index (χ3n) is 4.68. The zero-order valence-corrected chi connectivity index (χ0v) is 14.5. The predicted molar refractivity (Wildman–Crippen MR) is 85.8 cm³/mol. The van der Waals surface area contributed by atoms with Crippen molar-refractivity contribution in [2.75, 3.05) is 0 Å². The van der Waals surface area contributed by atoms with Crippen LogP contribution in [-0.4, -0.2) is 34.8 Å². The van der Waals surface area contributed by atoms with E-state index in [4.69, 9.17) is 0 Å². The lowest BCUT2D eigenvalue weighted by Crippen LogP contribution is -2.68. The summed E-state index contributed by atoms with van der Waals surface area (Å²) in [5.41, 5.74) is 0. The van der Waals surface area contributed by atoms with Crippen molar-refractivity contribution in [3.8, 4) is 0 Å². The first kappa shape index (κ1) is 18.0. The molecule has 122 valence electrons. The molecule has 1 aliphatic heterocycles. The molecule has 4 nitrogen and oxygen atoms in total. The molecule has 0 aliphatic carbocycles. The Kier molecular flexibility index (Phi) is 6.69. The monoisotopic (exact) mass is 296 g/mol. The van der Waals surface area contributed by atoms with Gasteiger partial charge in [-0.1, -0.05) is 53.9 Å². The topological polar surface area (TPSA) is 49.4 Å². The molecule has 0 radical (unpaired) electrons. The highest BCUT2D eigenvalue weighted by Crippen LogP contribution is 2.25. The first-order chi connectivity index (χ1) is 9.84. The van der Waals surface area contributed by atoms with E-state index in [2.05, 4.69) is 26.1 Å². The van der Waals surface area contributed by atoms with E-state index < -0.39 is 0 Å². The summed E-state index contributed by atoms with van der Waals surface area (Å²) in [6.07, 6.45) is 4.05. The highest BCUT2D eigenvalue weighted by molar-refractivity contribution is 5.97. The quantitative estimate of drug-likeness (QED) is 0.785. The van der Waals surface area contributed by atoms with Gasteiger partial charge in [0.1, 0.15) is 12.1 Å². The van der Waals surface area contributed by atoms with Crippen molar-refractivity contribution in [2.45, 2.75) is 85.4 Å². The zero-order chi connectivity index (χ0) is 16.2. The largest absolute Gasteiger partial charge is 0.342 e. The summed E-state index contributed by atoms with van der Waals surface area (Å²) in [6, 6.07) is -0.561. The summed E-state index contributed by atoms with van der Waals surface area (Å²) in [6.45, 7) is 12.4. The van der Waals surface area contributed by atoms with Gasteiger partial charge in [0.15, 0.2) is 0 Å². The molecular formula is C17H32N2O2. The van der Waals surface area contributed by atoms with E-state index in [0.29, 0.717) is 0 Å². The molecule has 0 spiro atoms. The van der Waals surface area contributed by atoms with E-state index in [9.17, 15) is 9.59 Å². The Labute approximate surface area is 129 Å². The van der Waals surface area contributed by atoms with Crippen LogP contribution in [0, 0.1) is 11.8 Å². The molecule has 1 rings (SSSR count).